The summed E-state index contributed by atoms with van der Waals surface area (Å²) in [6.45, 7) is 6.99. The molecule has 1 rings (SSSR count). The van der Waals surface area contributed by atoms with Crippen molar-refractivity contribution < 1.29 is 45.9 Å². The van der Waals surface area contributed by atoms with E-state index in [0.29, 0.717) is 11.1 Å². The van der Waals surface area contributed by atoms with Gasteiger partial charge in [0.05, 0.1) is 5.91 Å². The SMILES string of the molecule is CC(C)=C(C)C([NH-])=O.Cc1cc[c-]cc1S(N)(=O)=O.[Y]. The first-order valence-electron chi connectivity index (χ1n) is 5.47. The van der Waals surface area contributed by atoms with Gasteiger partial charge < -0.3 is 10.5 Å². The number of nitrogens with two attached hydrogens (primary N) is 1. The summed E-state index contributed by atoms with van der Waals surface area (Å²) in [6, 6.07) is 7.31. The Morgan fingerprint density at radius 1 is 1.30 bits per heavy atom. The molecule has 0 atom stereocenters. The number of hydrogen-bond acceptors (Lipinski definition) is 3. The number of benzene rings is 1. The summed E-state index contributed by atoms with van der Waals surface area (Å²) in [5, 5.41) is 4.91. The minimum absolute atomic E-state index is 0. The second kappa shape index (κ2) is 9.39. The Morgan fingerprint density at radius 3 is 2.00 bits per heavy atom. The second-order valence-corrected chi connectivity index (χ2v) is 5.72. The third-order valence-corrected chi connectivity index (χ3v) is 3.48. The van der Waals surface area contributed by atoms with Crippen LogP contribution in [0.5, 0.6) is 0 Å². The van der Waals surface area contributed by atoms with Crippen LogP contribution in [0.1, 0.15) is 26.3 Å². The predicted molar refractivity (Wildman–Crippen MR) is 74.8 cm³/mol. The van der Waals surface area contributed by atoms with Crippen LogP contribution in [0.15, 0.2) is 34.2 Å². The molecule has 3 N–H and O–H groups in total. The van der Waals surface area contributed by atoms with E-state index in [1.54, 1.807) is 26.0 Å². The molecule has 0 aromatic heterocycles. The molecule has 0 aliphatic rings. The number of primary sulfonamides is 1. The van der Waals surface area contributed by atoms with Crippen molar-refractivity contribution in [3.63, 3.8) is 0 Å². The molecule has 20 heavy (non-hydrogen) atoms. The number of carbonyl (C=O) groups is 1. The van der Waals surface area contributed by atoms with Gasteiger partial charge in [-0.2, -0.15) is 24.3 Å². The van der Waals surface area contributed by atoms with Crippen molar-refractivity contribution in [3.05, 3.63) is 46.7 Å². The van der Waals surface area contributed by atoms with Gasteiger partial charge >= 0.3 is 0 Å². The van der Waals surface area contributed by atoms with E-state index < -0.39 is 15.9 Å². The van der Waals surface area contributed by atoms with Crippen molar-refractivity contribution in [2.24, 2.45) is 5.14 Å². The average Bonchev–Trinajstić information content (AvgIpc) is 2.27. The molecule has 0 unspecified atom stereocenters. The zero-order valence-corrected chi connectivity index (χ0v) is 15.7. The minimum Gasteiger partial charge on any atom is -0.664 e. The van der Waals surface area contributed by atoms with E-state index in [1.165, 1.54) is 6.07 Å². The largest absolute Gasteiger partial charge is 0.664 e. The maximum absolute atomic E-state index is 10.8. The van der Waals surface area contributed by atoms with Gasteiger partial charge in [-0.15, -0.1) is 5.56 Å². The summed E-state index contributed by atoms with van der Waals surface area (Å²) >= 11 is 0. The number of amides is 1. The van der Waals surface area contributed by atoms with E-state index >= 15 is 0 Å². The molecule has 109 valence electrons. The van der Waals surface area contributed by atoms with Gasteiger partial charge in [-0.1, -0.05) is 12.5 Å². The van der Waals surface area contributed by atoms with E-state index in [0.717, 1.165) is 5.57 Å². The monoisotopic (exact) mass is 371 g/mol. The van der Waals surface area contributed by atoms with Crippen LogP contribution < -0.4 is 5.14 Å². The number of rotatable bonds is 2. The fourth-order valence-electron chi connectivity index (χ4n) is 1.03. The molecule has 0 aliphatic heterocycles. The van der Waals surface area contributed by atoms with Crippen LogP contribution in [0.2, 0.25) is 0 Å². The first-order valence-corrected chi connectivity index (χ1v) is 7.01. The standard InChI is InChI=1S/C7H8NO2S.C6H11NO.Y/c1-6-4-2-3-5-7(6)11(8,9)10;1-4(2)5(3)6(7)8;/h2,4-5H,1H3,(H2,8,9,10);1-3H3,(H2,7,8);/q-1;;/p-1. The van der Waals surface area contributed by atoms with Crippen molar-refractivity contribution in [1.82, 2.24) is 0 Å². The van der Waals surface area contributed by atoms with Crippen LogP contribution in [0, 0.1) is 13.0 Å². The van der Waals surface area contributed by atoms with Crippen LogP contribution in [0.3, 0.4) is 0 Å². The van der Waals surface area contributed by atoms with E-state index in [-0.39, 0.29) is 37.6 Å². The van der Waals surface area contributed by atoms with Gasteiger partial charge in [0.1, 0.15) is 0 Å². The van der Waals surface area contributed by atoms with Crippen LogP contribution in [-0.4, -0.2) is 14.3 Å². The Kier molecular flexibility index (Phi) is 10.2. The molecule has 0 saturated heterocycles. The van der Waals surface area contributed by atoms with Crippen molar-refractivity contribution in [2.75, 3.05) is 0 Å². The molecule has 7 heteroatoms. The van der Waals surface area contributed by atoms with E-state index in [9.17, 15) is 13.2 Å². The number of allylic oxidation sites excluding steroid dienone is 1. The fourth-order valence-corrected chi connectivity index (χ4v) is 1.78. The van der Waals surface area contributed by atoms with Gasteiger partial charge in [-0.05, 0) is 31.2 Å². The van der Waals surface area contributed by atoms with Gasteiger partial charge in [0.15, 0.2) is 10.0 Å². The molecule has 5 nitrogen and oxygen atoms in total. The summed E-state index contributed by atoms with van der Waals surface area (Å²) in [7, 11) is -3.56. The first kappa shape index (κ1) is 21.7. The molecule has 1 radical (unpaired) electrons. The van der Waals surface area contributed by atoms with Gasteiger partial charge in [0.2, 0.25) is 0 Å². The minimum atomic E-state index is -3.56. The topological polar surface area (TPSA) is 101 Å². The fraction of sp³-hybridized carbons (Fsp3) is 0.308. The maximum Gasteiger partial charge on any atom is 0.191 e. The molecule has 1 aromatic rings. The average molecular weight is 371 g/mol. The predicted octanol–water partition coefficient (Wildman–Crippen LogP) is 2.36. The van der Waals surface area contributed by atoms with Crippen LogP contribution in [-0.2, 0) is 47.5 Å². The van der Waals surface area contributed by atoms with Crippen LogP contribution >= 0.6 is 0 Å². The summed E-state index contributed by atoms with van der Waals surface area (Å²) in [5.41, 5.74) is 8.73. The second-order valence-electron chi connectivity index (χ2n) is 4.19. The third-order valence-electron chi connectivity index (χ3n) is 2.43. The van der Waals surface area contributed by atoms with Gasteiger partial charge in [-0.25, -0.2) is 13.6 Å². The number of nitrogens with one attached hydrogen (secondary N) is 1. The Labute approximate surface area is 145 Å². The molecule has 0 aliphatic carbocycles. The zero-order valence-electron chi connectivity index (χ0n) is 12.0. The van der Waals surface area contributed by atoms with E-state index in [2.05, 4.69) is 6.07 Å². The maximum atomic E-state index is 10.8. The molecular formula is C13H18N2O3SY-2. The van der Waals surface area contributed by atoms with Crippen LogP contribution in [0.25, 0.3) is 5.73 Å². The molecule has 1 amide bonds. The van der Waals surface area contributed by atoms with Crippen molar-refractivity contribution in [2.45, 2.75) is 32.6 Å². The smallest absolute Gasteiger partial charge is 0.191 e. The Bertz CT molecular complexity index is 591. The van der Waals surface area contributed by atoms with Crippen molar-refractivity contribution in [1.29, 1.82) is 0 Å². The summed E-state index contributed by atoms with van der Waals surface area (Å²) < 4.78 is 21.6. The van der Waals surface area contributed by atoms with Crippen molar-refractivity contribution in [3.8, 4) is 0 Å². The Hall–Kier alpha value is -0.556. The van der Waals surface area contributed by atoms with Gasteiger partial charge in [0, 0.05) is 32.7 Å². The number of carbonyl (C=O) groups excluding carboxylic acids is 1. The normalized spacial score (nSPS) is 9.65. The number of hydrogen-bond donors (Lipinski definition) is 1. The molecule has 0 heterocycles. The molecule has 0 spiro atoms. The number of sulfonamides is 1. The molecule has 1 aromatic carbocycles. The molecule has 0 fully saturated rings. The molecule has 0 saturated carbocycles. The summed E-state index contributed by atoms with van der Waals surface area (Å²) in [5.74, 6) is -0.579. The van der Waals surface area contributed by atoms with Gasteiger partial charge in [-0.3, -0.25) is 0 Å². The first-order chi connectivity index (χ1) is 8.57. The Balaban J connectivity index is 0. The van der Waals surface area contributed by atoms with Crippen molar-refractivity contribution >= 4 is 15.9 Å². The van der Waals surface area contributed by atoms with Crippen LogP contribution in [0.4, 0.5) is 0 Å². The third kappa shape index (κ3) is 7.89. The Morgan fingerprint density at radius 2 is 1.80 bits per heavy atom. The molecule has 0 bridgehead atoms. The summed E-state index contributed by atoms with van der Waals surface area (Å²) in [4.78, 5) is 10.3. The van der Waals surface area contributed by atoms with E-state index in [1.807, 2.05) is 13.8 Å². The molecular weight excluding hydrogens is 353 g/mol. The summed E-state index contributed by atoms with van der Waals surface area (Å²) in [6.07, 6.45) is 0. The van der Waals surface area contributed by atoms with E-state index in [4.69, 9.17) is 10.9 Å². The quantitative estimate of drug-likeness (QED) is 0.638. The number of aryl methyl sites for hydroxylation is 1. The van der Waals surface area contributed by atoms with Gasteiger partial charge in [0.25, 0.3) is 0 Å². The zero-order chi connectivity index (χ0) is 15.2.